The van der Waals surface area contributed by atoms with E-state index in [1.165, 1.54) is 62.6 Å². The molecule has 1 aliphatic rings. The summed E-state index contributed by atoms with van der Waals surface area (Å²) in [6, 6.07) is 18.7. The summed E-state index contributed by atoms with van der Waals surface area (Å²) >= 11 is 13.7. The number of halogens is 2. The molecule has 6 aromatic carbocycles. The third-order valence-corrected chi connectivity index (χ3v) is 16.7. The average molecular weight is 1350 g/mol. The summed E-state index contributed by atoms with van der Waals surface area (Å²) in [7, 11) is -13.3. The number of anilines is 11. The summed E-state index contributed by atoms with van der Waals surface area (Å²) in [5.41, 5.74) is 12.0. The van der Waals surface area contributed by atoms with E-state index in [4.69, 9.17) is 38.5 Å². The number of ether oxygens (including phenoxy) is 1. The highest BCUT2D eigenvalue weighted by Gasteiger charge is 2.25. The van der Waals surface area contributed by atoms with E-state index in [1.54, 1.807) is 24.3 Å². The third kappa shape index (κ3) is 16.0. The SMILES string of the molecule is COc1cc(NNc2cc3c(S(=O)(=O)O)cc(S(=O)(=O)O)cc3cc2SOOO)c(NC(C)=O)cc1Nc1nc(Cl)nc(NCCN2CCN(c3nc(Cl)nc(Nc4ccc5c(O)c(NNc6ccccc6S(=O)(=O)O)c(SOOO)cc5c4)n3)CC2)n1. The lowest BCUT2D eigenvalue weighted by atomic mass is 10.1. The molecule has 0 atom stereocenters. The number of hydrogen-bond donors (Lipinski definition) is 14. The van der Waals surface area contributed by atoms with Crippen molar-refractivity contribution in [2.75, 3.05) is 94.2 Å². The number of phenolic OH excluding ortho intramolecular Hbond substituents is 1. The van der Waals surface area contributed by atoms with E-state index in [1.807, 2.05) is 4.90 Å². The lowest BCUT2D eigenvalue weighted by Gasteiger charge is -2.34. The number of hydrogen-bond acceptors (Lipinski definition) is 32. The van der Waals surface area contributed by atoms with Crippen molar-refractivity contribution in [3.63, 3.8) is 0 Å². The maximum Gasteiger partial charge on any atom is 0.296 e. The molecule has 2 aromatic heterocycles. The zero-order valence-corrected chi connectivity index (χ0v) is 50.4. The first-order valence-corrected chi connectivity index (χ1v) is 31.3. The summed E-state index contributed by atoms with van der Waals surface area (Å²) < 4.78 is 117. The molecule has 9 rings (SSSR count). The Labute approximate surface area is 516 Å². The molecule has 0 saturated carbocycles. The Hall–Kier alpha value is -7.94. The van der Waals surface area contributed by atoms with E-state index in [0.717, 1.165) is 6.07 Å². The van der Waals surface area contributed by atoms with Crippen molar-refractivity contribution in [1.29, 1.82) is 0 Å². The van der Waals surface area contributed by atoms with Gasteiger partial charge in [0.2, 0.25) is 40.3 Å². The van der Waals surface area contributed by atoms with Crippen LogP contribution in [0.1, 0.15) is 6.92 Å². The minimum absolute atomic E-state index is 0.00201. The lowest BCUT2D eigenvalue weighted by Crippen LogP contribution is -2.48. The number of aromatic hydroxyl groups is 1. The summed E-state index contributed by atoms with van der Waals surface area (Å²) in [5.74, 6) is -0.165. The Bertz CT molecular complexity index is 4320. The minimum Gasteiger partial charge on any atom is -0.505 e. The van der Waals surface area contributed by atoms with Crippen molar-refractivity contribution in [2.45, 2.75) is 31.4 Å². The van der Waals surface area contributed by atoms with Gasteiger partial charge in [-0.1, -0.05) is 22.2 Å². The highest BCUT2D eigenvalue weighted by Crippen LogP contribution is 2.44. The van der Waals surface area contributed by atoms with Crippen LogP contribution in [0, 0.1) is 0 Å². The molecule has 1 amide bonds. The molecule has 0 unspecified atom stereocenters. The summed E-state index contributed by atoms with van der Waals surface area (Å²) in [6.45, 7) is 4.31. The van der Waals surface area contributed by atoms with E-state index in [2.05, 4.69) is 96.5 Å². The van der Waals surface area contributed by atoms with Gasteiger partial charge in [-0.15, -0.1) is 8.67 Å². The number of nitrogens with zero attached hydrogens (tertiary/aromatic N) is 8. The van der Waals surface area contributed by atoms with Gasteiger partial charge in [0.25, 0.3) is 30.4 Å². The van der Waals surface area contributed by atoms with Crippen LogP contribution in [-0.4, -0.2) is 142 Å². The van der Waals surface area contributed by atoms with E-state index in [-0.39, 0.29) is 94.6 Å². The molecule has 0 radical (unpaired) electrons. The van der Waals surface area contributed by atoms with Gasteiger partial charge in [0.05, 0.1) is 74.3 Å². The molecule has 41 heteroatoms. The molecule has 88 heavy (non-hydrogen) atoms. The van der Waals surface area contributed by atoms with Crippen LogP contribution in [0.25, 0.3) is 21.5 Å². The van der Waals surface area contributed by atoms with Crippen molar-refractivity contribution in [3.05, 3.63) is 95.5 Å². The number of hydrazine groups is 2. The number of amides is 1. The second kappa shape index (κ2) is 27.6. The number of carbonyl (C=O) groups excluding carboxylic acids is 1. The zero-order valence-electron chi connectivity index (χ0n) is 44.8. The fourth-order valence-electron chi connectivity index (χ4n) is 8.66. The van der Waals surface area contributed by atoms with Gasteiger partial charge in [-0.25, -0.2) is 10.5 Å². The van der Waals surface area contributed by atoms with Crippen LogP contribution in [0.5, 0.6) is 11.5 Å². The number of phenols is 1. The van der Waals surface area contributed by atoms with Gasteiger partial charge in [-0.2, -0.15) is 55.2 Å². The number of fused-ring (bicyclic) bond motifs is 2. The molecule has 14 N–H and O–H groups in total. The Morgan fingerprint density at radius 3 is 1.94 bits per heavy atom. The quantitative estimate of drug-likeness (QED) is 0.00818. The Balaban J connectivity index is 0.830. The maximum atomic E-state index is 12.5. The molecule has 1 aliphatic heterocycles. The van der Waals surface area contributed by atoms with Crippen LogP contribution in [0.4, 0.5) is 63.6 Å². The number of aromatic nitrogens is 6. The molecule has 34 nitrogen and oxygen atoms in total. The first-order chi connectivity index (χ1) is 41.9. The van der Waals surface area contributed by atoms with Gasteiger partial charge in [0.15, 0.2) is 0 Å². The van der Waals surface area contributed by atoms with Gasteiger partial charge in [0.1, 0.15) is 27.0 Å². The van der Waals surface area contributed by atoms with Gasteiger partial charge < -0.3 is 36.0 Å². The van der Waals surface area contributed by atoms with Crippen LogP contribution >= 0.6 is 47.3 Å². The molecule has 3 heterocycles. The molecular weight excluding hydrogens is 1310 g/mol. The topological polar surface area (TPSA) is 467 Å². The maximum absolute atomic E-state index is 12.5. The van der Waals surface area contributed by atoms with Crippen LogP contribution < -0.4 is 52.6 Å². The highest BCUT2D eigenvalue weighted by atomic mass is 35.5. The summed E-state index contributed by atoms with van der Waals surface area (Å²) in [6.07, 6.45) is 0. The minimum atomic E-state index is -5.09. The first kappa shape index (κ1) is 64.5. The molecule has 0 spiro atoms. The third-order valence-electron chi connectivity index (χ3n) is 12.5. The molecule has 8 aromatic rings. The predicted octanol–water partition coefficient (Wildman–Crippen LogP) is 7.54. The molecule has 1 fully saturated rings. The van der Waals surface area contributed by atoms with Crippen molar-refractivity contribution < 1.29 is 82.8 Å². The standard InChI is InChI=1S/C47H46Cl2N16O18S5/c1-23(66)51-31-21-33(35(79-2)22-32(31)61-62-34-20-29-25(17-36(34)84-82-80-68)16-27(86(70,71)72)19-39(29)88(76,77)78)53-46-55-42(48)54-44(58-46)50-9-10-64-11-13-65(14-12-64)47-57-43(49)56-45(59-47)52-26-7-8-28-24(15-26)18-37(85-83-81-69)40(41(28)67)63-60-30-5-3-4-6-38(30)87(73,74)75/h3-8,15-22,60-63,67-69H,9-14H2,1-2H3,(H,51,66)(H,70,71,72)(H,73,74,75)(H,76,77,78)(H,52,56,57,59)(H2,50,53,54,55,58). The number of nitrogens with one attached hydrogen (secondary N) is 8. The summed E-state index contributed by atoms with van der Waals surface area (Å²) in [5, 5.41) is 48.8. The van der Waals surface area contributed by atoms with E-state index in [0.29, 0.717) is 91.8 Å². The number of rotatable bonds is 26. The largest absolute Gasteiger partial charge is 0.505 e. The number of carbonyl (C=O) groups is 1. The van der Waals surface area contributed by atoms with Crippen molar-refractivity contribution >= 4 is 169 Å². The van der Waals surface area contributed by atoms with Crippen LogP contribution in [-0.2, 0) is 53.9 Å². The number of methoxy groups -OCH3 is 1. The highest BCUT2D eigenvalue weighted by molar-refractivity contribution is 7.95. The van der Waals surface area contributed by atoms with Crippen molar-refractivity contribution in [3.8, 4) is 11.5 Å². The van der Waals surface area contributed by atoms with E-state index in [9.17, 15) is 48.8 Å². The molecular formula is C47H46Cl2N16O18S5. The molecule has 0 bridgehead atoms. The van der Waals surface area contributed by atoms with Gasteiger partial charge in [-0.3, -0.25) is 45.1 Å². The molecule has 466 valence electrons. The van der Waals surface area contributed by atoms with Gasteiger partial charge >= 0.3 is 0 Å². The monoisotopic (exact) mass is 1350 g/mol. The number of para-hydroxylation sites is 1. The van der Waals surface area contributed by atoms with Gasteiger partial charge in [-0.05, 0) is 101 Å². The second-order valence-electron chi connectivity index (χ2n) is 18.2. The lowest BCUT2D eigenvalue weighted by molar-refractivity contribution is -0.432. The van der Waals surface area contributed by atoms with E-state index < -0.39 is 50.9 Å². The smallest absolute Gasteiger partial charge is 0.296 e. The summed E-state index contributed by atoms with van der Waals surface area (Å²) in [4.78, 5) is 40.7. The fraction of sp³-hybridized carbons (Fsp3) is 0.170. The fourth-order valence-corrected chi connectivity index (χ4v) is 12.0. The van der Waals surface area contributed by atoms with E-state index >= 15 is 0 Å². The zero-order chi connectivity index (χ0) is 63.1. The van der Waals surface area contributed by atoms with Crippen molar-refractivity contribution in [1.82, 2.24) is 34.8 Å². The van der Waals surface area contributed by atoms with Crippen LogP contribution in [0.2, 0.25) is 10.6 Å². The normalized spacial score (nSPS) is 13.1. The predicted molar refractivity (Wildman–Crippen MR) is 322 cm³/mol. The van der Waals surface area contributed by atoms with Crippen LogP contribution in [0.15, 0.2) is 109 Å². The van der Waals surface area contributed by atoms with Crippen molar-refractivity contribution in [2.24, 2.45) is 0 Å². The Kier molecular flexibility index (Phi) is 20.3. The second-order valence-corrected chi connectivity index (χ2v) is 24.5. The Morgan fingerprint density at radius 1 is 0.625 bits per heavy atom. The molecule has 0 aliphatic carbocycles. The first-order valence-electron chi connectivity index (χ1n) is 24.7. The number of benzene rings is 6. The van der Waals surface area contributed by atoms with Gasteiger partial charge in [0, 0.05) is 68.7 Å². The van der Waals surface area contributed by atoms with Crippen LogP contribution in [0.3, 0.4) is 0 Å². The number of piperazine rings is 1. The molecule has 1 saturated heterocycles. The average Bonchev–Trinajstić information content (AvgIpc) is 1.33. The Morgan fingerprint density at radius 2 is 1.26 bits per heavy atom.